The van der Waals surface area contributed by atoms with Crippen LogP contribution in [0.15, 0.2) is 48.2 Å². The third-order valence-corrected chi connectivity index (χ3v) is 5.28. The molecule has 1 fully saturated rings. The molecule has 0 N–H and O–H groups in total. The predicted molar refractivity (Wildman–Crippen MR) is 127 cm³/mol. The quantitative estimate of drug-likeness (QED) is 0.321. The monoisotopic (exact) mass is 474 g/mol. The molecule has 0 spiro atoms. The van der Waals surface area contributed by atoms with Gasteiger partial charge in [0.25, 0.3) is 5.91 Å². The van der Waals surface area contributed by atoms with Crippen molar-refractivity contribution in [3.8, 4) is 11.5 Å². The Hall–Kier alpha value is -3.10. The Labute approximate surface area is 197 Å². The number of hydrogen-bond donors (Lipinski definition) is 0. The summed E-state index contributed by atoms with van der Waals surface area (Å²) < 4.78 is 16.1. The van der Waals surface area contributed by atoms with Gasteiger partial charge in [0.15, 0.2) is 5.11 Å². The predicted octanol–water partition coefficient (Wildman–Crippen LogP) is 4.29. The molecule has 0 aromatic heterocycles. The van der Waals surface area contributed by atoms with Crippen LogP contribution < -0.4 is 14.4 Å². The average molecular weight is 475 g/mol. The van der Waals surface area contributed by atoms with Gasteiger partial charge < -0.3 is 19.1 Å². The number of amides is 1. The highest BCUT2D eigenvalue weighted by Gasteiger charge is 2.40. The number of carbonyl (C=O) groups is 2. The maximum absolute atomic E-state index is 13.4. The van der Waals surface area contributed by atoms with Crippen molar-refractivity contribution in [1.29, 1.82) is 0 Å². The standard InChI is InChI=1S/C23H23ClN2O5S/c1-4-30-18-11-6-15(20(13-18)31-5-2)12-19-22(28)26(17-9-7-16(24)8-10-17)23(32)25(19)14-21(27)29-3/h6-13H,4-5,14H2,1-3H3/b19-12-. The van der Waals surface area contributed by atoms with E-state index in [2.05, 4.69) is 0 Å². The molecule has 0 bridgehead atoms. The normalized spacial score (nSPS) is 14.8. The topological polar surface area (TPSA) is 68.3 Å². The maximum Gasteiger partial charge on any atom is 0.325 e. The van der Waals surface area contributed by atoms with Crippen LogP contribution in [-0.2, 0) is 14.3 Å². The zero-order chi connectivity index (χ0) is 23.3. The number of ether oxygens (including phenoxy) is 3. The second kappa shape index (κ2) is 10.5. The lowest BCUT2D eigenvalue weighted by molar-refractivity contribution is -0.140. The molecule has 32 heavy (non-hydrogen) atoms. The van der Waals surface area contributed by atoms with Crippen molar-refractivity contribution >= 4 is 52.6 Å². The number of benzene rings is 2. The Morgan fingerprint density at radius 3 is 2.41 bits per heavy atom. The molecule has 1 aliphatic rings. The lowest BCUT2D eigenvalue weighted by Crippen LogP contribution is -2.35. The van der Waals surface area contributed by atoms with Gasteiger partial charge in [-0.25, -0.2) is 0 Å². The fourth-order valence-electron chi connectivity index (χ4n) is 3.16. The Kier molecular flexibility index (Phi) is 7.71. The average Bonchev–Trinajstić information content (AvgIpc) is 3.00. The smallest absolute Gasteiger partial charge is 0.325 e. The first kappa shape index (κ1) is 23.6. The summed E-state index contributed by atoms with van der Waals surface area (Å²) in [5.41, 5.74) is 1.41. The minimum Gasteiger partial charge on any atom is -0.494 e. The molecule has 168 valence electrons. The van der Waals surface area contributed by atoms with Crippen molar-refractivity contribution in [1.82, 2.24) is 4.90 Å². The Morgan fingerprint density at radius 1 is 1.09 bits per heavy atom. The molecule has 0 saturated carbocycles. The Balaban J connectivity index is 2.07. The van der Waals surface area contributed by atoms with Gasteiger partial charge >= 0.3 is 5.97 Å². The van der Waals surface area contributed by atoms with Crippen LogP contribution in [0.3, 0.4) is 0 Å². The number of thiocarbonyl (C=S) groups is 1. The van der Waals surface area contributed by atoms with Gasteiger partial charge in [0.1, 0.15) is 23.7 Å². The van der Waals surface area contributed by atoms with Crippen LogP contribution in [-0.4, -0.2) is 48.8 Å². The van der Waals surface area contributed by atoms with E-state index in [1.807, 2.05) is 13.8 Å². The van der Waals surface area contributed by atoms with E-state index in [0.29, 0.717) is 41.0 Å². The second-order valence-corrected chi connectivity index (χ2v) is 7.46. The minimum absolute atomic E-state index is 0.165. The van der Waals surface area contributed by atoms with Crippen LogP contribution in [0.5, 0.6) is 11.5 Å². The van der Waals surface area contributed by atoms with Crippen molar-refractivity contribution in [2.75, 3.05) is 31.8 Å². The first-order valence-corrected chi connectivity index (χ1v) is 10.8. The molecule has 0 atom stereocenters. The molecule has 2 aromatic carbocycles. The fourth-order valence-corrected chi connectivity index (χ4v) is 3.64. The molecule has 1 aliphatic heterocycles. The third-order valence-electron chi connectivity index (χ3n) is 4.62. The molecule has 7 nitrogen and oxygen atoms in total. The van der Waals surface area contributed by atoms with Gasteiger partial charge in [-0.1, -0.05) is 11.6 Å². The Morgan fingerprint density at radius 2 is 1.78 bits per heavy atom. The summed E-state index contributed by atoms with van der Waals surface area (Å²) in [6.07, 6.45) is 1.65. The van der Waals surface area contributed by atoms with Gasteiger partial charge in [-0.15, -0.1) is 0 Å². The highest BCUT2D eigenvalue weighted by Crippen LogP contribution is 2.33. The third kappa shape index (κ3) is 5.03. The highest BCUT2D eigenvalue weighted by molar-refractivity contribution is 7.80. The summed E-state index contributed by atoms with van der Waals surface area (Å²) >= 11 is 11.5. The van der Waals surface area contributed by atoms with E-state index < -0.39 is 5.97 Å². The van der Waals surface area contributed by atoms with Gasteiger partial charge in [-0.2, -0.15) is 0 Å². The van der Waals surface area contributed by atoms with Crippen LogP contribution in [0, 0.1) is 0 Å². The molecule has 0 aliphatic carbocycles. The van der Waals surface area contributed by atoms with Gasteiger partial charge in [0.2, 0.25) is 0 Å². The van der Waals surface area contributed by atoms with E-state index in [-0.39, 0.29) is 23.3 Å². The fraction of sp³-hybridized carbons (Fsp3) is 0.261. The van der Waals surface area contributed by atoms with Crippen LogP contribution >= 0.6 is 23.8 Å². The SMILES string of the molecule is CCOc1ccc(/C=C2/C(=O)N(c3ccc(Cl)cc3)C(=S)N2CC(=O)OC)c(OCC)c1. The molecular weight excluding hydrogens is 452 g/mol. The van der Waals surface area contributed by atoms with Crippen LogP contribution in [0.2, 0.25) is 5.02 Å². The van der Waals surface area contributed by atoms with Crippen LogP contribution in [0.4, 0.5) is 5.69 Å². The van der Waals surface area contributed by atoms with Crippen molar-refractivity contribution in [3.63, 3.8) is 0 Å². The number of nitrogens with zero attached hydrogens (tertiary/aromatic N) is 2. The van der Waals surface area contributed by atoms with Crippen molar-refractivity contribution in [3.05, 3.63) is 58.7 Å². The number of halogens is 1. The van der Waals surface area contributed by atoms with Crippen molar-refractivity contribution in [2.45, 2.75) is 13.8 Å². The largest absolute Gasteiger partial charge is 0.494 e. The van der Waals surface area contributed by atoms with Gasteiger partial charge in [-0.05, 0) is 68.5 Å². The molecule has 1 amide bonds. The number of methoxy groups -OCH3 is 1. The number of rotatable bonds is 8. The number of anilines is 1. The first-order valence-electron chi connectivity index (χ1n) is 9.99. The summed E-state index contributed by atoms with van der Waals surface area (Å²) in [6.45, 7) is 4.50. The van der Waals surface area contributed by atoms with E-state index in [0.717, 1.165) is 0 Å². The Bertz CT molecular complexity index is 1050. The van der Waals surface area contributed by atoms with E-state index in [1.54, 1.807) is 48.5 Å². The van der Waals surface area contributed by atoms with E-state index in [1.165, 1.54) is 16.9 Å². The van der Waals surface area contributed by atoms with Gasteiger partial charge in [0.05, 0.1) is 26.0 Å². The first-order chi connectivity index (χ1) is 15.4. The zero-order valence-corrected chi connectivity index (χ0v) is 19.5. The lowest BCUT2D eigenvalue weighted by Gasteiger charge is -2.19. The number of esters is 1. The molecular formula is C23H23ClN2O5S. The molecule has 3 rings (SSSR count). The van der Waals surface area contributed by atoms with Crippen molar-refractivity contribution < 1.29 is 23.8 Å². The van der Waals surface area contributed by atoms with E-state index in [9.17, 15) is 9.59 Å². The molecule has 0 radical (unpaired) electrons. The van der Waals surface area contributed by atoms with Gasteiger partial charge in [-0.3, -0.25) is 14.5 Å². The lowest BCUT2D eigenvalue weighted by atomic mass is 10.1. The zero-order valence-electron chi connectivity index (χ0n) is 18.0. The van der Waals surface area contributed by atoms with Crippen molar-refractivity contribution in [2.24, 2.45) is 0 Å². The molecule has 9 heteroatoms. The molecule has 0 unspecified atom stereocenters. The molecule has 1 saturated heterocycles. The highest BCUT2D eigenvalue weighted by atomic mass is 35.5. The maximum atomic E-state index is 13.4. The van der Waals surface area contributed by atoms with E-state index in [4.69, 9.17) is 38.0 Å². The summed E-state index contributed by atoms with van der Waals surface area (Å²) in [4.78, 5) is 28.3. The van der Waals surface area contributed by atoms with Crippen LogP contribution in [0.1, 0.15) is 19.4 Å². The molecule has 2 aromatic rings. The summed E-state index contributed by atoms with van der Waals surface area (Å²) in [5, 5.41) is 0.696. The minimum atomic E-state index is -0.527. The second-order valence-electron chi connectivity index (χ2n) is 6.66. The van der Waals surface area contributed by atoms with Crippen LogP contribution in [0.25, 0.3) is 6.08 Å². The number of hydrogen-bond acceptors (Lipinski definition) is 6. The van der Waals surface area contributed by atoms with E-state index >= 15 is 0 Å². The summed E-state index contributed by atoms with van der Waals surface area (Å²) in [7, 11) is 1.28. The van der Waals surface area contributed by atoms with Gasteiger partial charge in [0, 0.05) is 16.7 Å². The summed E-state index contributed by atoms with van der Waals surface area (Å²) in [6, 6.07) is 12.1. The summed E-state index contributed by atoms with van der Waals surface area (Å²) in [5.74, 6) is 0.298. The molecule has 1 heterocycles. The number of carbonyl (C=O) groups excluding carboxylic acids is 2.